The average molecular weight is 279 g/mol. The van der Waals surface area contributed by atoms with Crippen LogP contribution in [0.15, 0.2) is 24.3 Å². The predicted molar refractivity (Wildman–Crippen MR) is 79.0 cm³/mol. The van der Waals surface area contributed by atoms with E-state index in [1.807, 2.05) is 26.0 Å². The predicted octanol–water partition coefficient (Wildman–Crippen LogP) is 1.15. The van der Waals surface area contributed by atoms with Gasteiger partial charge in [0.05, 0.1) is 11.5 Å². The van der Waals surface area contributed by atoms with Gasteiger partial charge >= 0.3 is 11.8 Å². The highest BCUT2D eigenvalue weighted by Gasteiger charge is 2.15. The second-order valence-corrected chi connectivity index (χ2v) is 4.87. The summed E-state index contributed by atoms with van der Waals surface area (Å²) in [7, 11) is 0. The fourth-order valence-electron chi connectivity index (χ4n) is 1.54. The molecule has 0 aliphatic carbocycles. The molecule has 0 unspecified atom stereocenters. The molecule has 6 heteroatoms. The highest BCUT2D eigenvalue weighted by atomic mass is 32.1. The van der Waals surface area contributed by atoms with Gasteiger partial charge in [0.1, 0.15) is 0 Å². The monoisotopic (exact) mass is 279 g/mol. The molecule has 2 amide bonds. The van der Waals surface area contributed by atoms with E-state index in [4.69, 9.17) is 5.73 Å². The second-order valence-electron chi connectivity index (χ2n) is 4.35. The van der Waals surface area contributed by atoms with Gasteiger partial charge in [-0.05, 0) is 17.5 Å². The molecule has 5 nitrogen and oxygen atoms in total. The van der Waals surface area contributed by atoms with Crippen LogP contribution in [0, 0.1) is 0 Å². The van der Waals surface area contributed by atoms with E-state index in [1.54, 1.807) is 12.1 Å². The molecule has 4 N–H and O–H groups in total. The van der Waals surface area contributed by atoms with Crippen molar-refractivity contribution in [3.05, 3.63) is 29.8 Å². The van der Waals surface area contributed by atoms with Gasteiger partial charge in [0.25, 0.3) is 0 Å². The Labute approximate surface area is 117 Å². The molecule has 102 valence electrons. The van der Waals surface area contributed by atoms with Gasteiger partial charge in [0.2, 0.25) is 0 Å². The third-order valence-electron chi connectivity index (χ3n) is 2.46. The summed E-state index contributed by atoms with van der Waals surface area (Å²) in [6, 6.07) is 7.35. The van der Waals surface area contributed by atoms with Gasteiger partial charge in [-0.2, -0.15) is 0 Å². The standard InChI is InChI=1S/C13H17N3O2S/c1-8(2)9-5-3-4-6-10(9)16-13(18)12(17)15-7-11(14)19/h3-6,8H,7H2,1-2H3,(H2,14,19)(H,15,17)(H,16,18). The van der Waals surface area contributed by atoms with Crippen LogP contribution < -0.4 is 16.4 Å². The summed E-state index contributed by atoms with van der Waals surface area (Å²) in [4.78, 5) is 23.3. The van der Waals surface area contributed by atoms with E-state index in [-0.39, 0.29) is 17.5 Å². The Morgan fingerprint density at radius 1 is 1.26 bits per heavy atom. The minimum Gasteiger partial charge on any atom is -0.392 e. The van der Waals surface area contributed by atoms with Gasteiger partial charge in [0.15, 0.2) is 0 Å². The maximum Gasteiger partial charge on any atom is 0.313 e. The summed E-state index contributed by atoms with van der Waals surface area (Å²) in [5.41, 5.74) is 6.85. The van der Waals surface area contributed by atoms with Crippen LogP contribution in [0.5, 0.6) is 0 Å². The molecule has 0 aliphatic heterocycles. The summed E-state index contributed by atoms with van der Waals surface area (Å²) in [5, 5.41) is 4.91. The molecule has 1 rings (SSSR count). The number of nitrogens with one attached hydrogen (secondary N) is 2. The smallest absolute Gasteiger partial charge is 0.313 e. The second kappa shape index (κ2) is 6.84. The molecule has 0 aliphatic rings. The first kappa shape index (κ1) is 15.1. The number of carbonyl (C=O) groups is 2. The van der Waals surface area contributed by atoms with E-state index in [0.29, 0.717) is 5.69 Å². The first-order valence-electron chi connectivity index (χ1n) is 5.88. The van der Waals surface area contributed by atoms with Crippen molar-refractivity contribution in [1.29, 1.82) is 0 Å². The number of nitrogens with two attached hydrogens (primary N) is 1. The Kier molecular flexibility index (Phi) is 5.44. The molecule has 0 bridgehead atoms. The highest BCUT2D eigenvalue weighted by Crippen LogP contribution is 2.23. The minimum absolute atomic E-state index is 0.00736. The molecule has 0 saturated carbocycles. The van der Waals surface area contributed by atoms with Crippen molar-refractivity contribution < 1.29 is 9.59 Å². The van der Waals surface area contributed by atoms with Gasteiger partial charge in [-0.15, -0.1) is 0 Å². The van der Waals surface area contributed by atoms with Crippen molar-refractivity contribution in [1.82, 2.24) is 5.32 Å². The number of thiocarbonyl (C=S) groups is 1. The van der Waals surface area contributed by atoms with Crippen molar-refractivity contribution in [2.75, 3.05) is 11.9 Å². The van der Waals surface area contributed by atoms with Crippen molar-refractivity contribution >= 4 is 34.7 Å². The maximum absolute atomic E-state index is 11.7. The zero-order valence-electron chi connectivity index (χ0n) is 10.9. The molecule has 0 heterocycles. The van der Waals surface area contributed by atoms with E-state index in [0.717, 1.165) is 5.56 Å². The molecule has 0 radical (unpaired) electrons. The largest absolute Gasteiger partial charge is 0.392 e. The van der Waals surface area contributed by atoms with Gasteiger partial charge in [0, 0.05) is 5.69 Å². The van der Waals surface area contributed by atoms with Crippen LogP contribution in [0.3, 0.4) is 0 Å². The van der Waals surface area contributed by atoms with E-state index in [1.165, 1.54) is 0 Å². The molecule has 19 heavy (non-hydrogen) atoms. The van der Waals surface area contributed by atoms with E-state index in [9.17, 15) is 9.59 Å². The normalized spacial score (nSPS) is 10.1. The third-order valence-corrected chi connectivity index (χ3v) is 2.60. The zero-order chi connectivity index (χ0) is 14.4. The molecule has 0 fully saturated rings. The average Bonchev–Trinajstić information content (AvgIpc) is 2.36. The van der Waals surface area contributed by atoms with Crippen LogP contribution in [0.2, 0.25) is 0 Å². The lowest BCUT2D eigenvalue weighted by molar-refractivity contribution is -0.135. The van der Waals surface area contributed by atoms with Crippen LogP contribution in [0.4, 0.5) is 5.69 Å². The van der Waals surface area contributed by atoms with Crippen LogP contribution in [-0.4, -0.2) is 23.3 Å². The molecule has 0 atom stereocenters. The van der Waals surface area contributed by atoms with Gasteiger partial charge in [-0.3, -0.25) is 9.59 Å². The quantitative estimate of drug-likeness (QED) is 0.570. The number of benzene rings is 1. The van der Waals surface area contributed by atoms with Crippen LogP contribution in [0.1, 0.15) is 25.3 Å². The fourth-order valence-corrected chi connectivity index (χ4v) is 1.61. The zero-order valence-corrected chi connectivity index (χ0v) is 11.7. The Balaban J connectivity index is 2.72. The first-order valence-corrected chi connectivity index (χ1v) is 6.29. The summed E-state index contributed by atoms with van der Waals surface area (Å²) in [6.07, 6.45) is 0. The number of hydrogen-bond acceptors (Lipinski definition) is 3. The number of amides is 2. The maximum atomic E-state index is 11.7. The SMILES string of the molecule is CC(C)c1ccccc1NC(=O)C(=O)NCC(N)=S. The highest BCUT2D eigenvalue weighted by molar-refractivity contribution is 7.80. The lowest BCUT2D eigenvalue weighted by Gasteiger charge is -2.13. The summed E-state index contributed by atoms with van der Waals surface area (Å²) >= 11 is 4.62. The summed E-state index contributed by atoms with van der Waals surface area (Å²) < 4.78 is 0. The van der Waals surface area contributed by atoms with Crippen LogP contribution >= 0.6 is 12.2 Å². The first-order chi connectivity index (χ1) is 8.91. The summed E-state index contributed by atoms with van der Waals surface area (Å²) in [5.74, 6) is -1.24. The van der Waals surface area contributed by atoms with E-state index >= 15 is 0 Å². The summed E-state index contributed by atoms with van der Waals surface area (Å²) in [6.45, 7) is 4.03. The number of rotatable bonds is 4. The van der Waals surface area contributed by atoms with E-state index < -0.39 is 11.8 Å². The van der Waals surface area contributed by atoms with Crippen LogP contribution in [-0.2, 0) is 9.59 Å². The van der Waals surface area contributed by atoms with Gasteiger partial charge in [-0.1, -0.05) is 44.3 Å². The molecule has 0 saturated heterocycles. The van der Waals surface area contributed by atoms with Crippen molar-refractivity contribution in [2.45, 2.75) is 19.8 Å². The molecule has 0 spiro atoms. The number of hydrogen-bond donors (Lipinski definition) is 3. The molecule has 1 aromatic carbocycles. The number of para-hydroxylation sites is 1. The minimum atomic E-state index is -0.758. The fraction of sp³-hybridized carbons (Fsp3) is 0.308. The Hall–Kier alpha value is -1.95. The lowest BCUT2D eigenvalue weighted by Crippen LogP contribution is -2.39. The van der Waals surface area contributed by atoms with E-state index in [2.05, 4.69) is 22.9 Å². The molecule has 0 aromatic heterocycles. The topological polar surface area (TPSA) is 84.2 Å². The Morgan fingerprint density at radius 3 is 2.47 bits per heavy atom. The molecule has 1 aromatic rings. The Bertz CT molecular complexity index is 500. The van der Waals surface area contributed by atoms with Crippen molar-refractivity contribution in [3.63, 3.8) is 0 Å². The molecular formula is C13H17N3O2S. The lowest BCUT2D eigenvalue weighted by atomic mass is 10.0. The third kappa shape index (κ3) is 4.67. The molecular weight excluding hydrogens is 262 g/mol. The van der Waals surface area contributed by atoms with Crippen molar-refractivity contribution in [2.24, 2.45) is 5.73 Å². The Morgan fingerprint density at radius 2 is 1.89 bits per heavy atom. The van der Waals surface area contributed by atoms with Crippen LogP contribution in [0.25, 0.3) is 0 Å². The number of carbonyl (C=O) groups excluding carboxylic acids is 2. The van der Waals surface area contributed by atoms with Gasteiger partial charge in [-0.25, -0.2) is 0 Å². The number of anilines is 1. The van der Waals surface area contributed by atoms with Gasteiger partial charge < -0.3 is 16.4 Å². The van der Waals surface area contributed by atoms with Crippen molar-refractivity contribution in [3.8, 4) is 0 Å².